The molecule has 0 bridgehead atoms. The lowest BCUT2D eigenvalue weighted by molar-refractivity contribution is -0.140. The highest BCUT2D eigenvalue weighted by atomic mass is 16.4. The standard InChI is InChI=1S/C10H20BNO5/c12-10(6-9(14)15)5-7(1-2-8(10)13)3-4-11(16)17/h7-8,13,16-17H,1-6,12H2,(H,14,15)/t7-,8+,10+/m0/s1. The fraction of sp³-hybridized carbons (Fsp3) is 0.900. The summed E-state index contributed by atoms with van der Waals surface area (Å²) in [7, 11) is -1.34. The Morgan fingerprint density at radius 1 is 1.41 bits per heavy atom. The Morgan fingerprint density at radius 2 is 2.06 bits per heavy atom. The van der Waals surface area contributed by atoms with E-state index >= 15 is 0 Å². The van der Waals surface area contributed by atoms with Gasteiger partial charge in [0.15, 0.2) is 0 Å². The number of rotatable bonds is 5. The third kappa shape index (κ3) is 4.27. The molecule has 7 heteroatoms. The van der Waals surface area contributed by atoms with Crippen molar-refractivity contribution in [2.75, 3.05) is 0 Å². The Labute approximate surface area is 101 Å². The first kappa shape index (κ1) is 14.4. The highest BCUT2D eigenvalue weighted by Crippen LogP contribution is 2.35. The van der Waals surface area contributed by atoms with E-state index in [4.69, 9.17) is 20.9 Å². The van der Waals surface area contributed by atoms with Gasteiger partial charge in [0, 0.05) is 0 Å². The first-order chi connectivity index (χ1) is 7.83. The number of hydrogen-bond donors (Lipinski definition) is 5. The van der Waals surface area contributed by atoms with Crippen LogP contribution in [0.15, 0.2) is 0 Å². The topological polar surface area (TPSA) is 124 Å². The van der Waals surface area contributed by atoms with Crippen LogP contribution in [0.5, 0.6) is 0 Å². The average Bonchev–Trinajstić information content (AvgIpc) is 2.19. The molecule has 1 aliphatic rings. The maximum absolute atomic E-state index is 10.7. The van der Waals surface area contributed by atoms with Crippen molar-refractivity contribution in [3.63, 3.8) is 0 Å². The van der Waals surface area contributed by atoms with E-state index in [0.717, 1.165) is 6.42 Å². The molecule has 1 rings (SSSR count). The molecule has 1 fully saturated rings. The Kier molecular flexibility index (Phi) is 4.94. The number of hydrogen-bond acceptors (Lipinski definition) is 5. The highest BCUT2D eigenvalue weighted by molar-refractivity contribution is 6.40. The van der Waals surface area contributed by atoms with Crippen LogP contribution in [0.3, 0.4) is 0 Å². The molecule has 0 aliphatic heterocycles. The van der Waals surface area contributed by atoms with Crippen molar-refractivity contribution in [2.45, 2.75) is 50.1 Å². The zero-order chi connectivity index (χ0) is 13.1. The second-order valence-electron chi connectivity index (χ2n) is 5.02. The van der Waals surface area contributed by atoms with Gasteiger partial charge in [0.1, 0.15) is 0 Å². The normalized spacial score (nSPS) is 33.4. The minimum Gasteiger partial charge on any atom is -0.481 e. The van der Waals surface area contributed by atoms with Gasteiger partial charge in [0.25, 0.3) is 0 Å². The summed E-state index contributed by atoms with van der Waals surface area (Å²) in [4.78, 5) is 10.7. The van der Waals surface area contributed by atoms with Crippen molar-refractivity contribution in [3.8, 4) is 0 Å². The SMILES string of the molecule is N[C@@]1(CC(=O)O)C[C@H](CCB(O)O)CC[C@H]1O. The first-order valence-electron chi connectivity index (χ1n) is 5.88. The minimum atomic E-state index is -1.34. The smallest absolute Gasteiger partial charge is 0.451 e. The molecular weight excluding hydrogens is 225 g/mol. The molecule has 0 heterocycles. The van der Waals surface area contributed by atoms with Crippen molar-refractivity contribution in [2.24, 2.45) is 11.7 Å². The van der Waals surface area contributed by atoms with Crippen LogP contribution < -0.4 is 5.73 Å². The Morgan fingerprint density at radius 3 is 2.59 bits per heavy atom. The van der Waals surface area contributed by atoms with Crippen molar-refractivity contribution < 1.29 is 25.1 Å². The second kappa shape index (κ2) is 5.81. The summed E-state index contributed by atoms with van der Waals surface area (Å²) in [6.07, 6.45) is 1.41. The second-order valence-corrected chi connectivity index (χ2v) is 5.02. The van der Waals surface area contributed by atoms with Crippen molar-refractivity contribution in [1.82, 2.24) is 0 Å². The molecule has 0 unspecified atom stereocenters. The van der Waals surface area contributed by atoms with E-state index in [-0.39, 0.29) is 18.7 Å². The van der Waals surface area contributed by atoms with Crippen LogP contribution in [-0.2, 0) is 4.79 Å². The number of carboxylic acids is 1. The number of carbonyl (C=O) groups is 1. The molecule has 1 saturated carbocycles. The molecule has 1 aliphatic carbocycles. The van der Waals surface area contributed by atoms with E-state index in [1.54, 1.807) is 0 Å². The predicted molar refractivity (Wildman–Crippen MR) is 62.1 cm³/mol. The lowest BCUT2D eigenvalue weighted by Gasteiger charge is -2.41. The summed E-state index contributed by atoms with van der Waals surface area (Å²) in [6, 6.07) is 0. The maximum Gasteiger partial charge on any atom is 0.451 e. The van der Waals surface area contributed by atoms with Crippen LogP contribution in [0.4, 0.5) is 0 Å². The summed E-state index contributed by atoms with van der Waals surface area (Å²) >= 11 is 0. The fourth-order valence-corrected chi connectivity index (χ4v) is 2.56. The fourth-order valence-electron chi connectivity index (χ4n) is 2.56. The van der Waals surface area contributed by atoms with E-state index in [1.807, 2.05) is 0 Å². The van der Waals surface area contributed by atoms with Crippen molar-refractivity contribution in [3.05, 3.63) is 0 Å². The summed E-state index contributed by atoms with van der Waals surface area (Å²) in [6.45, 7) is 0. The molecule has 17 heavy (non-hydrogen) atoms. The summed E-state index contributed by atoms with van der Waals surface area (Å²) in [5, 5.41) is 36.1. The van der Waals surface area contributed by atoms with Crippen LogP contribution in [0, 0.1) is 5.92 Å². The van der Waals surface area contributed by atoms with E-state index < -0.39 is 24.7 Å². The molecule has 98 valence electrons. The zero-order valence-electron chi connectivity index (χ0n) is 9.75. The Hall–Kier alpha value is -0.625. The third-order valence-electron chi connectivity index (χ3n) is 3.49. The quantitative estimate of drug-likeness (QED) is 0.403. The Balaban J connectivity index is 2.55. The number of aliphatic carboxylic acids is 1. The van der Waals surface area contributed by atoms with E-state index in [2.05, 4.69) is 0 Å². The summed E-state index contributed by atoms with van der Waals surface area (Å²) in [5.41, 5.74) is 4.86. The Bertz CT molecular complexity index is 275. The van der Waals surface area contributed by atoms with Gasteiger partial charge >= 0.3 is 13.1 Å². The molecular formula is C10H20BNO5. The van der Waals surface area contributed by atoms with Gasteiger partial charge in [-0.15, -0.1) is 0 Å². The minimum absolute atomic E-state index is 0.143. The van der Waals surface area contributed by atoms with Crippen LogP contribution in [-0.4, -0.2) is 45.0 Å². The number of aliphatic hydroxyl groups is 1. The monoisotopic (exact) mass is 245 g/mol. The van der Waals surface area contributed by atoms with Gasteiger partial charge in [0.2, 0.25) is 0 Å². The molecule has 0 aromatic carbocycles. The molecule has 0 saturated heterocycles. The predicted octanol–water partition coefficient (Wildman–Crippen LogP) is -0.818. The third-order valence-corrected chi connectivity index (χ3v) is 3.49. The van der Waals surface area contributed by atoms with Gasteiger partial charge in [-0.2, -0.15) is 0 Å². The zero-order valence-corrected chi connectivity index (χ0v) is 9.75. The lowest BCUT2D eigenvalue weighted by Crippen LogP contribution is -2.56. The van der Waals surface area contributed by atoms with Crippen molar-refractivity contribution in [1.29, 1.82) is 0 Å². The molecule has 0 radical (unpaired) electrons. The van der Waals surface area contributed by atoms with E-state index in [0.29, 0.717) is 19.3 Å². The van der Waals surface area contributed by atoms with Gasteiger partial charge in [-0.25, -0.2) is 0 Å². The number of aliphatic hydroxyl groups excluding tert-OH is 1. The van der Waals surface area contributed by atoms with Gasteiger partial charge in [-0.1, -0.05) is 6.42 Å². The van der Waals surface area contributed by atoms with Gasteiger partial charge < -0.3 is 26.0 Å². The van der Waals surface area contributed by atoms with Crippen LogP contribution in [0.1, 0.15) is 32.1 Å². The molecule has 6 nitrogen and oxygen atoms in total. The van der Waals surface area contributed by atoms with Crippen molar-refractivity contribution >= 4 is 13.1 Å². The average molecular weight is 245 g/mol. The lowest BCUT2D eigenvalue weighted by atomic mass is 9.69. The van der Waals surface area contributed by atoms with Gasteiger partial charge in [-0.3, -0.25) is 4.79 Å². The maximum atomic E-state index is 10.7. The molecule has 0 spiro atoms. The van der Waals surface area contributed by atoms with Gasteiger partial charge in [0.05, 0.1) is 18.1 Å². The number of carboxylic acid groups (broad SMARTS) is 1. The van der Waals surface area contributed by atoms with Crippen LogP contribution >= 0.6 is 0 Å². The molecule has 0 aromatic heterocycles. The van der Waals surface area contributed by atoms with Crippen LogP contribution in [0.25, 0.3) is 0 Å². The molecule has 0 amide bonds. The largest absolute Gasteiger partial charge is 0.481 e. The first-order valence-corrected chi connectivity index (χ1v) is 5.88. The molecule has 6 N–H and O–H groups in total. The highest BCUT2D eigenvalue weighted by Gasteiger charge is 2.41. The molecule has 3 atom stereocenters. The summed E-state index contributed by atoms with van der Waals surface area (Å²) in [5.74, 6) is -0.876. The van der Waals surface area contributed by atoms with Crippen LogP contribution in [0.2, 0.25) is 6.32 Å². The van der Waals surface area contributed by atoms with E-state index in [9.17, 15) is 9.90 Å². The number of nitrogens with two attached hydrogens (primary N) is 1. The molecule has 0 aromatic rings. The summed E-state index contributed by atoms with van der Waals surface area (Å²) < 4.78 is 0. The van der Waals surface area contributed by atoms with Gasteiger partial charge in [-0.05, 0) is 31.5 Å². The van der Waals surface area contributed by atoms with E-state index in [1.165, 1.54) is 0 Å².